The molecule has 2 amide bonds. The van der Waals surface area contributed by atoms with Crippen LogP contribution in [0.5, 0.6) is 0 Å². The first-order valence-corrected chi connectivity index (χ1v) is 4.42. The average Bonchev–Trinajstić information content (AvgIpc) is 2.27. The number of rotatable bonds is 3. The summed E-state index contributed by atoms with van der Waals surface area (Å²) in [6.45, 7) is -0.0721. The lowest BCUT2D eigenvalue weighted by atomic mass is 10.2. The van der Waals surface area contributed by atoms with Gasteiger partial charge in [0.05, 0.1) is 6.54 Å². The van der Waals surface area contributed by atoms with Crippen molar-refractivity contribution >= 4 is 17.5 Å². The molecule has 15 heavy (non-hydrogen) atoms. The summed E-state index contributed by atoms with van der Waals surface area (Å²) in [5.74, 6) is -0.748. The Morgan fingerprint density at radius 1 is 1.40 bits per heavy atom. The molecule has 0 aliphatic rings. The number of carbonyl (C=O) groups excluding carboxylic acids is 2. The van der Waals surface area contributed by atoms with Crippen LogP contribution in [0.1, 0.15) is 10.4 Å². The molecule has 0 aromatic heterocycles. The standard InChI is InChI=1S/C10H13N3O2/c1-13(9(14)6-11)8-4-2-3-7(5-8)10(12)15/h2-5H,6,11H2,1H3,(H2,12,15). The second kappa shape index (κ2) is 4.56. The first-order chi connectivity index (χ1) is 7.06. The van der Waals surface area contributed by atoms with E-state index in [0.717, 1.165) is 0 Å². The fourth-order valence-electron chi connectivity index (χ4n) is 1.15. The van der Waals surface area contributed by atoms with Crippen molar-refractivity contribution in [2.75, 3.05) is 18.5 Å². The van der Waals surface area contributed by atoms with Crippen LogP contribution in [0.25, 0.3) is 0 Å². The summed E-state index contributed by atoms with van der Waals surface area (Å²) < 4.78 is 0. The van der Waals surface area contributed by atoms with E-state index in [0.29, 0.717) is 11.3 Å². The highest BCUT2D eigenvalue weighted by molar-refractivity contribution is 5.97. The molecule has 0 saturated heterocycles. The molecule has 0 heterocycles. The Morgan fingerprint density at radius 3 is 2.60 bits per heavy atom. The van der Waals surface area contributed by atoms with Crippen LogP contribution < -0.4 is 16.4 Å². The van der Waals surface area contributed by atoms with Crippen LogP contribution in [0.4, 0.5) is 5.69 Å². The third-order valence-corrected chi connectivity index (χ3v) is 2.07. The smallest absolute Gasteiger partial charge is 0.248 e. The summed E-state index contributed by atoms with van der Waals surface area (Å²) in [7, 11) is 1.59. The average molecular weight is 207 g/mol. The highest BCUT2D eigenvalue weighted by Gasteiger charge is 2.10. The first-order valence-electron chi connectivity index (χ1n) is 4.42. The highest BCUT2D eigenvalue weighted by Crippen LogP contribution is 2.14. The fraction of sp³-hybridized carbons (Fsp3) is 0.200. The van der Waals surface area contributed by atoms with Crippen LogP contribution >= 0.6 is 0 Å². The van der Waals surface area contributed by atoms with Crippen molar-refractivity contribution in [1.82, 2.24) is 0 Å². The van der Waals surface area contributed by atoms with Gasteiger partial charge < -0.3 is 16.4 Å². The van der Waals surface area contributed by atoms with Gasteiger partial charge in [-0.1, -0.05) is 6.07 Å². The van der Waals surface area contributed by atoms with Crippen molar-refractivity contribution in [3.05, 3.63) is 29.8 Å². The van der Waals surface area contributed by atoms with Gasteiger partial charge >= 0.3 is 0 Å². The summed E-state index contributed by atoms with van der Waals surface area (Å²) in [5, 5.41) is 0. The van der Waals surface area contributed by atoms with Crippen molar-refractivity contribution in [2.45, 2.75) is 0 Å². The molecule has 80 valence electrons. The number of hydrogen-bond acceptors (Lipinski definition) is 3. The first kappa shape index (κ1) is 11.2. The molecule has 0 saturated carbocycles. The van der Waals surface area contributed by atoms with E-state index in [4.69, 9.17) is 11.5 Å². The van der Waals surface area contributed by atoms with Gasteiger partial charge in [0.1, 0.15) is 0 Å². The van der Waals surface area contributed by atoms with Gasteiger partial charge in [0.2, 0.25) is 11.8 Å². The van der Waals surface area contributed by atoms with E-state index in [9.17, 15) is 9.59 Å². The van der Waals surface area contributed by atoms with Gasteiger partial charge in [-0.05, 0) is 18.2 Å². The summed E-state index contributed by atoms with van der Waals surface area (Å²) in [6, 6.07) is 6.51. The molecule has 4 N–H and O–H groups in total. The largest absolute Gasteiger partial charge is 0.366 e. The maximum atomic E-state index is 11.3. The zero-order valence-corrected chi connectivity index (χ0v) is 8.43. The Morgan fingerprint density at radius 2 is 2.07 bits per heavy atom. The van der Waals surface area contributed by atoms with Crippen LogP contribution in [0.2, 0.25) is 0 Å². The molecule has 1 aromatic carbocycles. The molecule has 0 radical (unpaired) electrons. The molecule has 5 nitrogen and oxygen atoms in total. The molecule has 0 aliphatic carbocycles. The van der Waals surface area contributed by atoms with Gasteiger partial charge in [0.25, 0.3) is 0 Å². The minimum atomic E-state index is -0.523. The van der Waals surface area contributed by atoms with Crippen molar-refractivity contribution in [2.24, 2.45) is 11.5 Å². The summed E-state index contributed by atoms with van der Waals surface area (Å²) in [4.78, 5) is 23.6. The predicted molar refractivity (Wildman–Crippen MR) is 57.4 cm³/mol. The summed E-state index contributed by atoms with van der Waals surface area (Å²) in [5.41, 5.74) is 11.3. The van der Waals surface area contributed by atoms with E-state index < -0.39 is 5.91 Å². The number of anilines is 1. The van der Waals surface area contributed by atoms with Crippen LogP contribution in [0, 0.1) is 0 Å². The van der Waals surface area contributed by atoms with Crippen LogP contribution in [0.15, 0.2) is 24.3 Å². The topological polar surface area (TPSA) is 89.4 Å². The molecule has 0 fully saturated rings. The highest BCUT2D eigenvalue weighted by atomic mass is 16.2. The van der Waals surface area contributed by atoms with Gasteiger partial charge in [0, 0.05) is 18.3 Å². The molecule has 0 aliphatic heterocycles. The monoisotopic (exact) mass is 207 g/mol. The number of benzene rings is 1. The van der Waals surface area contributed by atoms with E-state index in [-0.39, 0.29) is 12.5 Å². The van der Waals surface area contributed by atoms with E-state index in [1.165, 1.54) is 4.90 Å². The molecular weight excluding hydrogens is 194 g/mol. The van der Waals surface area contributed by atoms with E-state index in [1.54, 1.807) is 31.3 Å². The maximum absolute atomic E-state index is 11.3. The summed E-state index contributed by atoms with van der Waals surface area (Å²) in [6.07, 6.45) is 0. The minimum absolute atomic E-state index is 0.0721. The Balaban J connectivity index is 3.00. The lowest BCUT2D eigenvalue weighted by Gasteiger charge is -2.16. The number of hydrogen-bond donors (Lipinski definition) is 2. The zero-order chi connectivity index (χ0) is 11.4. The lowest BCUT2D eigenvalue weighted by Crippen LogP contribution is -2.32. The fourth-order valence-corrected chi connectivity index (χ4v) is 1.15. The number of nitrogens with two attached hydrogens (primary N) is 2. The SMILES string of the molecule is CN(C(=O)CN)c1cccc(C(N)=O)c1. The molecule has 1 aromatic rings. The number of amides is 2. The van der Waals surface area contributed by atoms with Crippen LogP contribution in [0.3, 0.4) is 0 Å². The third-order valence-electron chi connectivity index (χ3n) is 2.07. The van der Waals surface area contributed by atoms with Gasteiger partial charge in [-0.25, -0.2) is 0 Å². The Bertz CT molecular complexity index is 390. The molecule has 0 bridgehead atoms. The Kier molecular flexibility index (Phi) is 3.41. The normalized spacial score (nSPS) is 9.73. The van der Waals surface area contributed by atoms with E-state index >= 15 is 0 Å². The van der Waals surface area contributed by atoms with Gasteiger partial charge in [-0.3, -0.25) is 9.59 Å². The number of likely N-dealkylation sites (N-methyl/N-ethyl adjacent to an activating group) is 1. The number of primary amides is 1. The zero-order valence-electron chi connectivity index (χ0n) is 8.43. The van der Waals surface area contributed by atoms with Crippen molar-refractivity contribution < 1.29 is 9.59 Å². The predicted octanol–water partition coefficient (Wildman–Crippen LogP) is -0.293. The lowest BCUT2D eigenvalue weighted by molar-refractivity contribution is -0.117. The second-order valence-corrected chi connectivity index (χ2v) is 3.07. The quantitative estimate of drug-likeness (QED) is 0.713. The van der Waals surface area contributed by atoms with E-state index in [2.05, 4.69) is 0 Å². The molecule has 0 atom stereocenters. The number of nitrogens with zero attached hydrogens (tertiary/aromatic N) is 1. The minimum Gasteiger partial charge on any atom is -0.366 e. The van der Waals surface area contributed by atoms with Crippen LogP contribution in [-0.2, 0) is 4.79 Å². The van der Waals surface area contributed by atoms with Gasteiger partial charge in [-0.2, -0.15) is 0 Å². The Hall–Kier alpha value is -1.88. The van der Waals surface area contributed by atoms with Crippen molar-refractivity contribution in [1.29, 1.82) is 0 Å². The molecule has 0 spiro atoms. The second-order valence-electron chi connectivity index (χ2n) is 3.07. The van der Waals surface area contributed by atoms with Crippen LogP contribution in [-0.4, -0.2) is 25.4 Å². The maximum Gasteiger partial charge on any atom is 0.248 e. The molecule has 0 unspecified atom stereocenters. The van der Waals surface area contributed by atoms with Gasteiger partial charge in [0.15, 0.2) is 0 Å². The van der Waals surface area contributed by atoms with Crippen molar-refractivity contribution in [3.63, 3.8) is 0 Å². The third kappa shape index (κ3) is 2.54. The summed E-state index contributed by atoms with van der Waals surface area (Å²) >= 11 is 0. The molecule has 1 rings (SSSR count). The molecule has 5 heteroatoms. The van der Waals surface area contributed by atoms with Crippen molar-refractivity contribution in [3.8, 4) is 0 Å². The van der Waals surface area contributed by atoms with Gasteiger partial charge in [-0.15, -0.1) is 0 Å². The Labute approximate surface area is 87.7 Å². The molecular formula is C10H13N3O2. The number of carbonyl (C=O) groups is 2. The van der Waals surface area contributed by atoms with E-state index in [1.807, 2.05) is 0 Å².